The number of aliphatic hydroxyl groups is 1. The monoisotopic (exact) mass is 601 g/mol. The van der Waals surface area contributed by atoms with Gasteiger partial charge >= 0.3 is 11.7 Å². The number of nitrogens with one attached hydrogen (secondary N) is 1. The molecule has 0 radical (unpaired) electrons. The topological polar surface area (TPSA) is 243 Å². The van der Waals surface area contributed by atoms with Gasteiger partial charge in [-0.3, -0.25) is 9.59 Å². The molecule has 0 saturated carbocycles. The Balaban J connectivity index is 1.64. The predicted molar refractivity (Wildman–Crippen MR) is 149 cm³/mol. The molecule has 15 nitrogen and oxygen atoms in total. The quantitative estimate of drug-likeness (QED) is 0.199. The highest BCUT2D eigenvalue weighted by Gasteiger charge is 2.53. The van der Waals surface area contributed by atoms with Gasteiger partial charge in [-0.1, -0.05) is 0 Å². The van der Waals surface area contributed by atoms with Gasteiger partial charge in [0, 0.05) is 23.8 Å². The molecule has 1 saturated heterocycles. The number of fused-ring (bicyclic) bond motifs is 1. The number of amides is 3. The number of rotatable bonds is 8. The average Bonchev–Trinajstić information content (AvgIpc) is 2.91. The second kappa shape index (κ2) is 11.8. The zero-order valence-electron chi connectivity index (χ0n) is 23.6. The van der Waals surface area contributed by atoms with Crippen molar-refractivity contribution in [2.24, 2.45) is 11.5 Å². The molecular weight excluding hydrogens is 570 g/mol. The number of methoxy groups -OCH3 is 1. The molecule has 230 valence electrons. The summed E-state index contributed by atoms with van der Waals surface area (Å²) in [6, 6.07) is 6.42. The first-order valence-electron chi connectivity index (χ1n) is 12.9. The molecular formula is C28H31N3O12. The number of carbonyl (C=O) groups excluding carboxylic acids is 3. The second-order valence-corrected chi connectivity index (χ2v) is 10.4. The molecule has 0 spiro atoms. The van der Waals surface area contributed by atoms with Gasteiger partial charge in [0.25, 0.3) is 5.91 Å². The van der Waals surface area contributed by atoms with Crippen LogP contribution in [0.25, 0.3) is 11.0 Å². The minimum Gasteiger partial charge on any atom is -0.508 e. The van der Waals surface area contributed by atoms with Crippen LogP contribution >= 0.6 is 0 Å². The number of primary amides is 2. The van der Waals surface area contributed by atoms with Crippen molar-refractivity contribution in [3.8, 4) is 17.2 Å². The summed E-state index contributed by atoms with van der Waals surface area (Å²) in [6.45, 7) is 4.79. The maximum absolute atomic E-state index is 12.9. The van der Waals surface area contributed by atoms with Gasteiger partial charge in [-0.15, -0.1) is 0 Å². The summed E-state index contributed by atoms with van der Waals surface area (Å²) in [6.07, 6.45) is -6.53. The Labute approximate surface area is 243 Å². The summed E-state index contributed by atoms with van der Waals surface area (Å²) in [4.78, 5) is 48.5. The maximum atomic E-state index is 12.9. The molecule has 0 unspecified atom stereocenters. The Morgan fingerprint density at radius 1 is 1.12 bits per heavy atom. The van der Waals surface area contributed by atoms with E-state index in [4.69, 9.17) is 34.8 Å². The lowest BCUT2D eigenvalue weighted by Crippen LogP contribution is -2.65. The number of aromatic hydroxyl groups is 2. The van der Waals surface area contributed by atoms with Crippen LogP contribution in [0.1, 0.15) is 35.3 Å². The van der Waals surface area contributed by atoms with E-state index in [1.165, 1.54) is 44.4 Å². The van der Waals surface area contributed by atoms with Crippen molar-refractivity contribution in [1.29, 1.82) is 0 Å². The molecule has 1 aliphatic rings. The number of phenolic OH excluding ortho intramolecular Hbond substituents is 1. The van der Waals surface area contributed by atoms with Gasteiger partial charge < -0.3 is 55.5 Å². The Hall–Kier alpha value is -4.86. The van der Waals surface area contributed by atoms with Gasteiger partial charge in [0.15, 0.2) is 23.6 Å². The standard InChI is InChI=1S/C28H31N3O12/c1-11-16(40-26-20(35)22(42-27(30)38)23(39-4)28(2,3)43-26)8-6-14-19(34)18(25(37)41-21(11)14)31-24(36)12-5-7-15(32)13(9-12)10-17(29)33/h5-9,20,22-23,26,32,34-35H,10H2,1-4H3,(H2,29,33)(H2,30,38)(H,31,36)/t20-,22+,23-,26-/m1/s1. The highest BCUT2D eigenvalue weighted by atomic mass is 16.7. The number of anilines is 1. The molecule has 2 aromatic carbocycles. The summed E-state index contributed by atoms with van der Waals surface area (Å²) in [7, 11) is 1.35. The van der Waals surface area contributed by atoms with Gasteiger partial charge in [0.05, 0.1) is 17.4 Å². The van der Waals surface area contributed by atoms with Crippen LogP contribution in [0, 0.1) is 6.92 Å². The zero-order valence-corrected chi connectivity index (χ0v) is 23.6. The van der Waals surface area contributed by atoms with E-state index in [1.54, 1.807) is 13.8 Å². The van der Waals surface area contributed by atoms with Crippen LogP contribution in [0.15, 0.2) is 39.5 Å². The first kappa shape index (κ1) is 31.1. The van der Waals surface area contributed by atoms with Crippen LogP contribution in [-0.4, -0.2) is 70.5 Å². The van der Waals surface area contributed by atoms with Crippen molar-refractivity contribution in [3.05, 3.63) is 57.4 Å². The molecule has 1 aliphatic heterocycles. The minimum atomic E-state index is -1.54. The summed E-state index contributed by atoms with van der Waals surface area (Å²) < 4.78 is 27.7. The fourth-order valence-corrected chi connectivity index (χ4v) is 4.91. The number of ether oxygens (including phenoxy) is 4. The zero-order chi connectivity index (χ0) is 31.8. The molecule has 0 bridgehead atoms. The van der Waals surface area contributed by atoms with Crippen molar-refractivity contribution in [3.63, 3.8) is 0 Å². The third-order valence-electron chi connectivity index (χ3n) is 6.96. The molecule has 0 aliphatic carbocycles. The van der Waals surface area contributed by atoms with Gasteiger partial charge in [0.2, 0.25) is 12.2 Å². The van der Waals surface area contributed by atoms with E-state index in [0.29, 0.717) is 0 Å². The van der Waals surface area contributed by atoms with Crippen molar-refractivity contribution in [1.82, 2.24) is 0 Å². The van der Waals surface area contributed by atoms with Crippen molar-refractivity contribution < 1.29 is 53.1 Å². The molecule has 4 atom stereocenters. The molecule has 1 aromatic heterocycles. The summed E-state index contributed by atoms with van der Waals surface area (Å²) in [5.41, 5.74) is 7.80. The first-order valence-corrected chi connectivity index (χ1v) is 12.9. The predicted octanol–water partition coefficient (Wildman–Crippen LogP) is 1.15. The van der Waals surface area contributed by atoms with Crippen LogP contribution in [-0.2, 0) is 25.4 Å². The van der Waals surface area contributed by atoms with E-state index >= 15 is 0 Å². The van der Waals surface area contributed by atoms with Gasteiger partial charge in [0.1, 0.15) is 23.2 Å². The smallest absolute Gasteiger partial charge is 0.404 e. The minimum absolute atomic E-state index is 0.0313. The van der Waals surface area contributed by atoms with Crippen molar-refractivity contribution in [2.45, 2.75) is 57.4 Å². The van der Waals surface area contributed by atoms with E-state index in [-0.39, 0.29) is 45.6 Å². The van der Waals surface area contributed by atoms with E-state index in [9.17, 15) is 34.5 Å². The number of hydrogen-bond acceptors (Lipinski definition) is 12. The number of hydrogen-bond donors (Lipinski definition) is 6. The third kappa shape index (κ3) is 6.18. The molecule has 2 heterocycles. The summed E-state index contributed by atoms with van der Waals surface area (Å²) in [5.74, 6) is -2.33. The number of aryl methyl sites for hydroxylation is 1. The summed E-state index contributed by atoms with van der Waals surface area (Å²) >= 11 is 0. The van der Waals surface area contributed by atoms with E-state index < -0.39 is 65.2 Å². The van der Waals surface area contributed by atoms with Crippen LogP contribution in [0.3, 0.4) is 0 Å². The molecule has 3 aromatic rings. The lowest BCUT2D eigenvalue weighted by atomic mass is 9.89. The largest absolute Gasteiger partial charge is 0.508 e. The van der Waals surface area contributed by atoms with Crippen molar-refractivity contribution >= 4 is 34.6 Å². The first-order chi connectivity index (χ1) is 20.1. The number of carbonyl (C=O) groups is 3. The SMILES string of the molecule is CO[C@@H]1[C@@H](OC(N)=O)[C@@H](O)[C@H](Oc2ccc3c(O)c(NC(=O)c4ccc(O)c(CC(N)=O)c4)c(=O)oc3c2C)OC1(C)C. The molecule has 1 fully saturated rings. The third-order valence-corrected chi connectivity index (χ3v) is 6.96. The van der Waals surface area contributed by atoms with Gasteiger partial charge in [-0.05, 0) is 51.1 Å². The van der Waals surface area contributed by atoms with E-state index in [2.05, 4.69) is 5.32 Å². The lowest BCUT2D eigenvalue weighted by molar-refractivity contribution is -0.304. The van der Waals surface area contributed by atoms with Crippen molar-refractivity contribution in [2.75, 3.05) is 12.4 Å². The Morgan fingerprint density at radius 2 is 1.81 bits per heavy atom. The van der Waals surface area contributed by atoms with Crippen LogP contribution < -0.4 is 27.1 Å². The Bertz CT molecular complexity index is 1650. The van der Waals surface area contributed by atoms with Crippen LogP contribution in [0.4, 0.5) is 10.5 Å². The number of nitrogens with two attached hydrogens (primary N) is 2. The average molecular weight is 602 g/mol. The fraction of sp³-hybridized carbons (Fsp3) is 0.357. The van der Waals surface area contributed by atoms with Crippen LogP contribution in [0.2, 0.25) is 0 Å². The van der Waals surface area contributed by atoms with Crippen LogP contribution in [0.5, 0.6) is 17.2 Å². The molecule has 4 rings (SSSR count). The second-order valence-electron chi connectivity index (χ2n) is 10.4. The highest BCUT2D eigenvalue weighted by Crippen LogP contribution is 2.38. The number of benzene rings is 2. The number of phenols is 1. The fourth-order valence-electron chi connectivity index (χ4n) is 4.91. The lowest BCUT2D eigenvalue weighted by Gasteiger charge is -2.47. The number of aliphatic hydroxyl groups excluding tert-OH is 1. The molecule has 3 amide bonds. The maximum Gasteiger partial charge on any atom is 0.404 e. The highest BCUT2D eigenvalue weighted by molar-refractivity contribution is 6.06. The molecule has 15 heteroatoms. The Kier molecular flexibility index (Phi) is 8.52. The molecule has 8 N–H and O–H groups in total. The Morgan fingerprint density at radius 3 is 2.44 bits per heavy atom. The van der Waals surface area contributed by atoms with E-state index in [1.807, 2.05) is 0 Å². The normalized spacial score (nSPS) is 21.2. The summed E-state index contributed by atoms with van der Waals surface area (Å²) in [5, 5.41) is 34.1. The van der Waals surface area contributed by atoms with E-state index in [0.717, 1.165) is 0 Å². The molecule has 43 heavy (non-hydrogen) atoms. The van der Waals surface area contributed by atoms with Gasteiger partial charge in [-0.2, -0.15) is 0 Å². The van der Waals surface area contributed by atoms with Gasteiger partial charge in [-0.25, -0.2) is 9.59 Å².